The van der Waals surface area contributed by atoms with Crippen LogP contribution in [0.1, 0.15) is 12.0 Å². The van der Waals surface area contributed by atoms with Crippen LogP contribution in [0, 0.1) is 11.7 Å². The first-order valence-corrected chi connectivity index (χ1v) is 8.72. The van der Waals surface area contributed by atoms with Gasteiger partial charge in [0, 0.05) is 30.3 Å². The van der Waals surface area contributed by atoms with Crippen molar-refractivity contribution in [3.8, 4) is 11.5 Å². The standard InChI is InChI=1S/C20H18FNO5/c21-16-4-2-1-3-13(16)12-27-20(24)14-9-19(23)22(11-14)15-5-6-17-18(10-15)26-8-7-25-17/h1-6,10,14H,7-9,11-12H2/t14-/m1/s1. The first kappa shape index (κ1) is 17.3. The molecule has 2 aliphatic rings. The minimum absolute atomic E-state index is 0.0601. The summed E-state index contributed by atoms with van der Waals surface area (Å²) in [4.78, 5) is 26.2. The van der Waals surface area contributed by atoms with Gasteiger partial charge in [0.2, 0.25) is 5.91 Å². The fourth-order valence-electron chi connectivity index (χ4n) is 3.20. The second-order valence-corrected chi connectivity index (χ2v) is 6.43. The topological polar surface area (TPSA) is 65.1 Å². The van der Waals surface area contributed by atoms with Gasteiger partial charge in [-0.2, -0.15) is 0 Å². The minimum atomic E-state index is -0.586. The van der Waals surface area contributed by atoms with Crippen LogP contribution in [-0.2, 0) is 20.9 Å². The van der Waals surface area contributed by atoms with Crippen LogP contribution in [0.15, 0.2) is 42.5 Å². The largest absolute Gasteiger partial charge is 0.486 e. The van der Waals surface area contributed by atoms with E-state index in [-0.39, 0.29) is 25.5 Å². The maximum atomic E-state index is 13.6. The van der Waals surface area contributed by atoms with Gasteiger partial charge in [0.05, 0.1) is 5.92 Å². The third-order valence-electron chi connectivity index (χ3n) is 4.62. The fourth-order valence-corrected chi connectivity index (χ4v) is 3.20. The van der Waals surface area contributed by atoms with Gasteiger partial charge in [0.25, 0.3) is 0 Å². The van der Waals surface area contributed by atoms with E-state index in [0.29, 0.717) is 36.0 Å². The van der Waals surface area contributed by atoms with Gasteiger partial charge < -0.3 is 19.1 Å². The molecule has 2 aromatic rings. The molecule has 0 N–H and O–H groups in total. The quantitative estimate of drug-likeness (QED) is 0.774. The molecule has 140 valence electrons. The number of amides is 1. The van der Waals surface area contributed by atoms with Gasteiger partial charge in [-0.1, -0.05) is 18.2 Å². The van der Waals surface area contributed by atoms with Gasteiger partial charge in [-0.3, -0.25) is 9.59 Å². The summed E-state index contributed by atoms with van der Waals surface area (Å²) >= 11 is 0. The van der Waals surface area contributed by atoms with Gasteiger partial charge in [0.15, 0.2) is 11.5 Å². The van der Waals surface area contributed by atoms with Crippen LogP contribution < -0.4 is 14.4 Å². The molecule has 0 unspecified atom stereocenters. The number of carbonyl (C=O) groups excluding carboxylic acids is 2. The number of esters is 1. The number of ether oxygens (including phenoxy) is 3. The Kier molecular flexibility index (Phi) is 4.66. The van der Waals surface area contributed by atoms with Crippen LogP contribution >= 0.6 is 0 Å². The second-order valence-electron chi connectivity index (χ2n) is 6.43. The van der Waals surface area contributed by atoms with E-state index in [2.05, 4.69) is 0 Å². The van der Waals surface area contributed by atoms with Crippen molar-refractivity contribution < 1.29 is 28.2 Å². The van der Waals surface area contributed by atoms with Crippen LogP contribution in [0.5, 0.6) is 11.5 Å². The second kappa shape index (κ2) is 7.26. The van der Waals surface area contributed by atoms with Crippen molar-refractivity contribution in [1.82, 2.24) is 0 Å². The summed E-state index contributed by atoms with van der Waals surface area (Å²) < 4.78 is 29.9. The van der Waals surface area contributed by atoms with Crippen molar-refractivity contribution in [1.29, 1.82) is 0 Å². The number of hydrogen-bond donors (Lipinski definition) is 0. The van der Waals surface area contributed by atoms with Gasteiger partial charge >= 0.3 is 5.97 Å². The molecule has 1 fully saturated rings. The Morgan fingerprint density at radius 2 is 1.93 bits per heavy atom. The molecule has 2 aromatic carbocycles. The van der Waals surface area contributed by atoms with E-state index in [1.165, 1.54) is 11.0 Å². The SMILES string of the molecule is O=C(OCc1ccccc1F)[C@@H]1CC(=O)N(c2ccc3c(c2)OCCO3)C1. The number of hydrogen-bond acceptors (Lipinski definition) is 5. The van der Waals surface area contributed by atoms with Crippen LogP contribution in [0.4, 0.5) is 10.1 Å². The Morgan fingerprint density at radius 1 is 1.15 bits per heavy atom. The number of anilines is 1. The number of carbonyl (C=O) groups is 2. The van der Waals surface area contributed by atoms with E-state index in [0.717, 1.165) is 0 Å². The molecule has 2 heterocycles. The third-order valence-corrected chi connectivity index (χ3v) is 4.62. The maximum absolute atomic E-state index is 13.6. The molecule has 2 aliphatic heterocycles. The molecule has 1 atom stereocenters. The summed E-state index contributed by atoms with van der Waals surface area (Å²) in [5.74, 6) is -0.469. The molecule has 0 bridgehead atoms. The number of rotatable bonds is 4. The van der Waals surface area contributed by atoms with Gasteiger partial charge in [-0.05, 0) is 18.2 Å². The molecule has 0 spiro atoms. The Morgan fingerprint density at radius 3 is 2.74 bits per heavy atom. The predicted octanol–water partition coefficient (Wildman–Crippen LogP) is 2.69. The molecule has 6 nitrogen and oxygen atoms in total. The van der Waals surface area contributed by atoms with Gasteiger partial charge in [0.1, 0.15) is 25.6 Å². The van der Waals surface area contributed by atoms with Crippen LogP contribution in [0.3, 0.4) is 0 Å². The number of fused-ring (bicyclic) bond motifs is 1. The third kappa shape index (κ3) is 3.58. The lowest BCUT2D eigenvalue weighted by Gasteiger charge is -2.22. The maximum Gasteiger partial charge on any atom is 0.311 e. The molecule has 0 aromatic heterocycles. The lowest BCUT2D eigenvalue weighted by molar-refractivity contribution is -0.149. The molecule has 4 rings (SSSR count). The average Bonchev–Trinajstić information content (AvgIpc) is 3.08. The van der Waals surface area contributed by atoms with Crippen molar-refractivity contribution >= 4 is 17.6 Å². The number of nitrogens with zero attached hydrogens (tertiary/aromatic N) is 1. The number of halogens is 1. The molecule has 0 saturated carbocycles. The predicted molar refractivity (Wildman–Crippen MR) is 94.1 cm³/mol. The summed E-state index contributed by atoms with van der Waals surface area (Å²) in [6, 6.07) is 11.4. The highest BCUT2D eigenvalue weighted by atomic mass is 19.1. The van der Waals surface area contributed by atoms with Crippen LogP contribution in [0.2, 0.25) is 0 Å². The lowest BCUT2D eigenvalue weighted by Crippen LogP contribution is -2.26. The van der Waals surface area contributed by atoms with E-state index in [9.17, 15) is 14.0 Å². The highest BCUT2D eigenvalue weighted by molar-refractivity contribution is 5.99. The zero-order valence-electron chi connectivity index (χ0n) is 14.5. The smallest absolute Gasteiger partial charge is 0.311 e. The van der Waals surface area contributed by atoms with Gasteiger partial charge in [-0.15, -0.1) is 0 Å². The molecule has 27 heavy (non-hydrogen) atoms. The zero-order chi connectivity index (χ0) is 18.8. The Hall–Kier alpha value is -3.09. The highest BCUT2D eigenvalue weighted by Crippen LogP contribution is 2.36. The van der Waals surface area contributed by atoms with Crippen molar-refractivity contribution in [2.75, 3.05) is 24.7 Å². The number of benzene rings is 2. The average molecular weight is 371 g/mol. The molecular weight excluding hydrogens is 353 g/mol. The minimum Gasteiger partial charge on any atom is -0.486 e. The van der Waals surface area contributed by atoms with E-state index in [1.54, 1.807) is 36.4 Å². The molecular formula is C20H18FNO5. The first-order chi connectivity index (χ1) is 13.1. The van der Waals surface area contributed by atoms with Crippen molar-refractivity contribution in [3.63, 3.8) is 0 Å². The zero-order valence-corrected chi connectivity index (χ0v) is 14.5. The van der Waals surface area contributed by atoms with Crippen LogP contribution in [0.25, 0.3) is 0 Å². The Labute approximate surface area is 155 Å². The summed E-state index contributed by atoms with van der Waals surface area (Å²) in [6.45, 7) is 1.01. The normalized spacial score (nSPS) is 18.5. The van der Waals surface area contributed by atoms with E-state index >= 15 is 0 Å². The monoisotopic (exact) mass is 371 g/mol. The highest BCUT2D eigenvalue weighted by Gasteiger charge is 2.36. The Bertz CT molecular complexity index is 884. The summed E-state index contributed by atoms with van der Waals surface area (Å²) in [5, 5.41) is 0. The van der Waals surface area contributed by atoms with Crippen molar-refractivity contribution in [2.45, 2.75) is 13.0 Å². The molecule has 0 radical (unpaired) electrons. The first-order valence-electron chi connectivity index (χ1n) is 8.72. The van der Waals surface area contributed by atoms with Gasteiger partial charge in [-0.25, -0.2) is 4.39 Å². The summed E-state index contributed by atoms with van der Waals surface area (Å²) in [7, 11) is 0. The van der Waals surface area contributed by atoms with E-state index in [4.69, 9.17) is 14.2 Å². The molecule has 1 saturated heterocycles. The molecule has 0 aliphatic carbocycles. The fraction of sp³-hybridized carbons (Fsp3) is 0.300. The molecule has 1 amide bonds. The van der Waals surface area contributed by atoms with Crippen molar-refractivity contribution in [3.05, 3.63) is 53.8 Å². The van der Waals surface area contributed by atoms with E-state index in [1.807, 2.05) is 0 Å². The summed E-state index contributed by atoms with van der Waals surface area (Å²) in [6.07, 6.45) is 0.0601. The lowest BCUT2D eigenvalue weighted by atomic mass is 10.1. The van der Waals surface area contributed by atoms with Crippen LogP contribution in [-0.4, -0.2) is 31.6 Å². The summed E-state index contributed by atoms with van der Waals surface area (Å²) in [5.41, 5.74) is 0.951. The Balaban J connectivity index is 1.41. The van der Waals surface area contributed by atoms with Crippen molar-refractivity contribution in [2.24, 2.45) is 5.92 Å². The molecule has 7 heteroatoms. The van der Waals surface area contributed by atoms with E-state index < -0.39 is 17.7 Å².